The molecule has 0 aliphatic heterocycles. The maximum absolute atomic E-state index is 11.9. The second kappa shape index (κ2) is 8.15. The summed E-state index contributed by atoms with van der Waals surface area (Å²) in [5.74, 6) is 0.00175. The van der Waals surface area contributed by atoms with Gasteiger partial charge in [0.05, 0.1) is 6.54 Å². The Labute approximate surface area is 117 Å². The van der Waals surface area contributed by atoms with E-state index in [4.69, 9.17) is 0 Å². The summed E-state index contributed by atoms with van der Waals surface area (Å²) in [6.45, 7) is 12.2. The first-order chi connectivity index (χ1) is 8.71. The van der Waals surface area contributed by atoms with Crippen molar-refractivity contribution in [1.82, 2.24) is 15.1 Å². The second-order valence-corrected chi connectivity index (χ2v) is 5.74. The molecule has 5 heteroatoms. The van der Waals surface area contributed by atoms with Gasteiger partial charge in [-0.2, -0.15) is 0 Å². The van der Waals surface area contributed by atoms with Crippen LogP contribution in [0.25, 0.3) is 0 Å². The van der Waals surface area contributed by atoms with Crippen LogP contribution in [0.5, 0.6) is 0 Å². The first kappa shape index (κ1) is 17.9. The quantitative estimate of drug-likeness (QED) is 0.754. The van der Waals surface area contributed by atoms with E-state index in [1.807, 2.05) is 13.8 Å². The lowest BCUT2D eigenvalue weighted by Crippen LogP contribution is -2.42. The maximum Gasteiger partial charge on any atom is 0.242 e. The summed E-state index contributed by atoms with van der Waals surface area (Å²) >= 11 is 0. The van der Waals surface area contributed by atoms with Gasteiger partial charge in [0, 0.05) is 38.6 Å². The van der Waals surface area contributed by atoms with E-state index in [0.29, 0.717) is 26.1 Å². The standard InChI is InChI=1S/C14H29N3O2/c1-7-17(8-2)13(19)11-16(6)12(18)9-10-15-14(3,4)5/h15H,7-11H2,1-6H3. The molecule has 19 heavy (non-hydrogen) atoms. The lowest BCUT2D eigenvalue weighted by molar-refractivity contribution is -0.139. The predicted molar refractivity (Wildman–Crippen MR) is 77.9 cm³/mol. The number of hydrogen-bond acceptors (Lipinski definition) is 3. The van der Waals surface area contributed by atoms with E-state index in [1.165, 1.54) is 4.90 Å². The number of nitrogens with zero attached hydrogens (tertiary/aromatic N) is 2. The minimum absolute atomic E-state index is 0.00254. The van der Waals surface area contributed by atoms with Crippen LogP contribution in [-0.4, -0.2) is 60.4 Å². The van der Waals surface area contributed by atoms with Crippen molar-refractivity contribution in [3.63, 3.8) is 0 Å². The largest absolute Gasteiger partial charge is 0.342 e. The Bertz CT molecular complexity index is 294. The minimum Gasteiger partial charge on any atom is -0.342 e. The van der Waals surface area contributed by atoms with Gasteiger partial charge in [0.1, 0.15) is 0 Å². The summed E-state index contributed by atoms with van der Waals surface area (Å²) in [6.07, 6.45) is 0.416. The fraction of sp³-hybridized carbons (Fsp3) is 0.857. The van der Waals surface area contributed by atoms with Gasteiger partial charge in [0.15, 0.2) is 0 Å². The number of carbonyl (C=O) groups excluding carboxylic acids is 2. The van der Waals surface area contributed by atoms with Crippen LogP contribution >= 0.6 is 0 Å². The average molecular weight is 271 g/mol. The smallest absolute Gasteiger partial charge is 0.242 e. The van der Waals surface area contributed by atoms with Gasteiger partial charge in [0.25, 0.3) is 0 Å². The highest BCUT2D eigenvalue weighted by atomic mass is 16.2. The summed E-state index contributed by atoms with van der Waals surface area (Å²) < 4.78 is 0. The zero-order chi connectivity index (χ0) is 15.1. The normalized spacial score (nSPS) is 11.3. The van der Waals surface area contributed by atoms with E-state index in [1.54, 1.807) is 11.9 Å². The van der Waals surface area contributed by atoms with Crippen molar-refractivity contribution in [2.45, 2.75) is 46.6 Å². The van der Waals surface area contributed by atoms with E-state index < -0.39 is 0 Å². The molecule has 0 atom stereocenters. The van der Waals surface area contributed by atoms with Crippen LogP contribution in [-0.2, 0) is 9.59 Å². The summed E-state index contributed by atoms with van der Waals surface area (Å²) in [5, 5.41) is 3.26. The van der Waals surface area contributed by atoms with Crippen LogP contribution in [0.3, 0.4) is 0 Å². The molecule has 0 unspecified atom stereocenters. The monoisotopic (exact) mass is 271 g/mol. The number of rotatable bonds is 7. The molecule has 2 amide bonds. The van der Waals surface area contributed by atoms with Crippen LogP contribution in [0.2, 0.25) is 0 Å². The number of nitrogens with one attached hydrogen (secondary N) is 1. The number of likely N-dealkylation sites (N-methyl/N-ethyl adjacent to an activating group) is 2. The van der Waals surface area contributed by atoms with Gasteiger partial charge >= 0.3 is 0 Å². The van der Waals surface area contributed by atoms with Gasteiger partial charge in [-0.15, -0.1) is 0 Å². The van der Waals surface area contributed by atoms with Crippen molar-refractivity contribution in [2.75, 3.05) is 33.2 Å². The van der Waals surface area contributed by atoms with E-state index in [-0.39, 0.29) is 23.9 Å². The highest BCUT2D eigenvalue weighted by Gasteiger charge is 2.17. The van der Waals surface area contributed by atoms with Crippen molar-refractivity contribution in [2.24, 2.45) is 0 Å². The molecule has 112 valence electrons. The van der Waals surface area contributed by atoms with Gasteiger partial charge in [-0.1, -0.05) is 0 Å². The Morgan fingerprint density at radius 2 is 1.58 bits per heavy atom. The van der Waals surface area contributed by atoms with Crippen LogP contribution in [0.15, 0.2) is 0 Å². The Morgan fingerprint density at radius 1 is 1.05 bits per heavy atom. The summed E-state index contributed by atoms with van der Waals surface area (Å²) in [4.78, 5) is 27.0. The Hall–Kier alpha value is -1.10. The van der Waals surface area contributed by atoms with Crippen molar-refractivity contribution in [3.8, 4) is 0 Å². The fourth-order valence-corrected chi connectivity index (χ4v) is 1.70. The van der Waals surface area contributed by atoms with Crippen molar-refractivity contribution in [1.29, 1.82) is 0 Å². The molecular formula is C14H29N3O2. The fourth-order valence-electron chi connectivity index (χ4n) is 1.70. The summed E-state index contributed by atoms with van der Waals surface area (Å²) in [7, 11) is 1.68. The number of amides is 2. The maximum atomic E-state index is 11.9. The Morgan fingerprint density at radius 3 is 2.00 bits per heavy atom. The van der Waals surface area contributed by atoms with E-state index in [0.717, 1.165) is 0 Å². The third kappa shape index (κ3) is 7.82. The third-order valence-corrected chi connectivity index (χ3v) is 2.91. The SMILES string of the molecule is CCN(CC)C(=O)CN(C)C(=O)CCNC(C)(C)C. The molecule has 0 saturated heterocycles. The third-order valence-electron chi connectivity index (χ3n) is 2.91. The first-order valence-corrected chi connectivity index (χ1v) is 6.98. The molecular weight excluding hydrogens is 242 g/mol. The molecule has 0 bridgehead atoms. The van der Waals surface area contributed by atoms with Gasteiger partial charge in [-0.25, -0.2) is 0 Å². The molecule has 0 aromatic rings. The number of carbonyl (C=O) groups is 2. The van der Waals surface area contributed by atoms with Crippen molar-refractivity contribution < 1.29 is 9.59 Å². The Kier molecular flexibility index (Phi) is 7.68. The highest BCUT2D eigenvalue weighted by molar-refractivity contribution is 5.84. The van der Waals surface area contributed by atoms with Crippen molar-refractivity contribution >= 4 is 11.8 Å². The van der Waals surface area contributed by atoms with Crippen LogP contribution in [0.1, 0.15) is 41.0 Å². The van der Waals surface area contributed by atoms with Gasteiger partial charge in [-0.3, -0.25) is 9.59 Å². The van der Waals surface area contributed by atoms with E-state index in [9.17, 15) is 9.59 Å². The molecule has 0 aliphatic rings. The molecule has 0 aromatic carbocycles. The molecule has 1 N–H and O–H groups in total. The van der Waals surface area contributed by atoms with Crippen LogP contribution < -0.4 is 5.32 Å². The molecule has 0 saturated carbocycles. The highest BCUT2D eigenvalue weighted by Crippen LogP contribution is 2.00. The van der Waals surface area contributed by atoms with Crippen LogP contribution in [0, 0.1) is 0 Å². The lowest BCUT2D eigenvalue weighted by Gasteiger charge is -2.24. The first-order valence-electron chi connectivity index (χ1n) is 6.98. The molecule has 0 heterocycles. The van der Waals surface area contributed by atoms with Gasteiger partial charge in [-0.05, 0) is 34.6 Å². The molecule has 0 aromatic heterocycles. The summed E-state index contributed by atoms with van der Waals surface area (Å²) in [5.41, 5.74) is 0.00981. The minimum atomic E-state index is -0.00254. The number of hydrogen-bond donors (Lipinski definition) is 1. The Balaban J connectivity index is 4.10. The average Bonchev–Trinajstić information content (AvgIpc) is 2.28. The topological polar surface area (TPSA) is 52.7 Å². The van der Waals surface area contributed by atoms with Gasteiger partial charge in [0.2, 0.25) is 11.8 Å². The molecule has 0 radical (unpaired) electrons. The molecule has 0 aliphatic carbocycles. The van der Waals surface area contributed by atoms with E-state index >= 15 is 0 Å². The predicted octanol–water partition coefficient (Wildman–Crippen LogP) is 1.09. The second-order valence-electron chi connectivity index (χ2n) is 5.74. The zero-order valence-corrected chi connectivity index (χ0v) is 13.2. The molecule has 0 rings (SSSR count). The lowest BCUT2D eigenvalue weighted by atomic mass is 10.1. The zero-order valence-electron chi connectivity index (χ0n) is 13.2. The molecule has 0 fully saturated rings. The van der Waals surface area contributed by atoms with Crippen LogP contribution in [0.4, 0.5) is 0 Å². The molecule has 5 nitrogen and oxygen atoms in total. The van der Waals surface area contributed by atoms with E-state index in [2.05, 4.69) is 26.1 Å². The summed E-state index contributed by atoms with van der Waals surface area (Å²) in [6, 6.07) is 0. The molecule has 0 spiro atoms. The van der Waals surface area contributed by atoms with Gasteiger partial charge < -0.3 is 15.1 Å². The van der Waals surface area contributed by atoms with Crippen molar-refractivity contribution in [3.05, 3.63) is 0 Å².